The molecule has 3 nitrogen and oxygen atoms in total. The molecule has 1 rings (SSSR count). The molecule has 0 bridgehead atoms. The summed E-state index contributed by atoms with van der Waals surface area (Å²) in [6.45, 7) is 0. The Hall–Kier alpha value is -1.11. The number of hydrogen-bond acceptors (Lipinski definition) is 3. The van der Waals surface area contributed by atoms with E-state index in [0.29, 0.717) is 5.01 Å². The Morgan fingerprint density at radius 2 is 2.50 bits per heavy atom. The molecule has 0 amide bonds. The first-order valence-electron chi connectivity index (χ1n) is 1.28. The van der Waals surface area contributed by atoms with Crippen LogP contribution in [0.1, 0.15) is 0 Å². The Labute approximate surface area is 33.3 Å². The predicted molar refractivity (Wildman–Crippen MR) is 16.0 cm³/mol. The molecule has 4 heteroatoms. The van der Waals surface area contributed by atoms with Gasteiger partial charge in [-0.05, 0) is 0 Å². The van der Waals surface area contributed by atoms with E-state index in [1.165, 1.54) is 6.19 Å². The Kier molecular flexibility index (Phi) is 0.353. The van der Waals surface area contributed by atoms with Crippen LogP contribution in [-0.4, -0.2) is 11.1 Å². The van der Waals surface area contributed by atoms with Crippen LogP contribution in [0.4, 0.5) is 4.39 Å². The fourth-order valence-corrected chi connectivity index (χ4v) is 0.124. The van der Waals surface area contributed by atoms with Gasteiger partial charge in [0.25, 0.3) is 0 Å². The summed E-state index contributed by atoms with van der Waals surface area (Å²) in [7, 11) is 0. The van der Waals surface area contributed by atoms with Crippen molar-refractivity contribution >= 4 is 6.09 Å². The van der Waals surface area contributed by atoms with Crippen LogP contribution < -0.4 is 0 Å². The third-order valence-corrected chi connectivity index (χ3v) is 0.413. The monoisotopic (exact) mass is 85.0 g/mol. The molecule has 0 N–H and O–H groups in total. The van der Waals surface area contributed by atoms with E-state index in [4.69, 9.17) is 5.26 Å². The highest BCUT2D eigenvalue weighted by Gasteiger charge is 2.22. The van der Waals surface area contributed by atoms with Gasteiger partial charge in [0.15, 0.2) is 0 Å². The second-order valence-corrected chi connectivity index (χ2v) is 0.781. The van der Waals surface area contributed by atoms with Gasteiger partial charge in [0, 0.05) is 0 Å². The van der Waals surface area contributed by atoms with Crippen molar-refractivity contribution in [2.75, 3.05) is 0 Å². The van der Waals surface area contributed by atoms with Gasteiger partial charge in [0.1, 0.15) is 0 Å². The molecule has 0 radical (unpaired) electrons. The topological polar surface area (TPSA) is 39.2 Å². The number of nitrogens with zero attached hydrogens (tertiary/aromatic N) is 3. The second kappa shape index (κ2) is 0.684. The zero-order valence-electron chi connectivity index (χ0n) is 2.72. The van der Waals surface area contributed by atoms with Crippen molar-refractivity contribution in [1.82, 2.24) is 5.01 Å². The average molecular weight is 85.0 g/mol. The maximum absolute atomic E-state index is 11.2. The van der Waals surface area contributed by atoms with Crippen LogP contribution in [-0.2, 0) is 0 Å². The molecule has 0 aliphatic carbocycles. The Morgan fingerprint density at radius 1 is 2.00 bits per heavy atom. The fourth-order valence-electron chi connectivity index (χ4n) is 0.124. The van der Waals surface area contributed by atoms with Crippen LogP contribution >= 0.6 is 0 Å². The van der Waals surface area contributed by atoms with Crippen LogP contribution in [0, 0.1) is 11.5 Å². The van der Waals surface area contributed by atoms with Crippen LogP contribution in [0.25, 0.3) is 0 Å². The molecule has 0 fully saturated rings. The van der Waals surface area contributed by atoms with E-state index in [9.17, 15) is 4.39 Å². The summed E-state index contributed by atoms with van der Waals surface area (Å²) in [5.41, 5.74) is 0. The SMILES string of the molecule is N#CN1N=C1F. The van der Waals surface area contributed by atoms with Gasteiger partial charge in [0.05, 0.1) is 0 Å². The average Bonchev–Trinajstić information content (AvgIpc) is 2.19. The smallest absolute Gasteiger partial charge is 0.170 e. The third kappa shape index (κ3) is 0.217. The van der Waals surface area contributed by atoms with Crippen molar-refractivity contribution in [2.24, 2.45) is 5.10 Å². The van der Waals surface area contributed by atoms with Crippen LogP contribution in [0.15, 0.2) is 5.10 Å². The number of nitriles is 1. The minimum absolute atomic E-state index is 0.597. The standard InChI is InChI=1S/C2FN3/c3-2-5-6(2)1-4. The van der Waals surface area contributed by atoms with Gasteiger partial charge >= 0.3 is 6.09 Å². The van der Waals surface area contributed by atoms with E-state index in [1.54, 1.807) is 0 Å². The number of amidine groups is 1. The molecular weight excluding hydrogens is 85.0 g/mol. The lowest BCUT2D eigenvalue weighted by Gasteiger charge is -1.66. The molecule has 0 unspecified atom stereocenters. The molecule has 0 spiro atoms. The molecule has 0 atom stereocenters. The van der Waals surface area contributed by atoms with Crippen molar-refractivity contribution in [3.8, 4) is 6.19 Å². The largest absolute Gasteiger partial charge is 0.337 e. The molecule has 1 aliphatic rings. The minimum Gasteiger partial charge on any atom is -0.170 e. The summed E-state index contributed by atoms with van der Waals surface area (Å²) in [6.07, 6.45) is 0.747. The summed E-state index contributed by atoms with van der Waals surface area (Å²) in [5, 5.41) is 11.2. The van der Waals surface area contributed by atoms with Gasteiger partial charge in [-0.2, -0.15) is 9.65 Å². The zero-order chi connectivity index (χ0) is 4.57. The lowest BCUT2D eigenvalue weighted by molar-refractivity contribution is 0.695. The summed E-state index contributed by atoms with van der Waals surface area (Å²) in [5.74, 6) is 0. The van der Waals surface area contributed by atoms with Crippen LogP contribution in [0.3, 0.4) is 0 Å². The van der Waals surface area contributed by atoms with Gasteiger partial charge in [-0.25, -0.2) is 0 Å². The summed E-state index contributed by atoms with van der Waals surface area (Å²) in [6, 6.07) is 0. The summed E-state index contributed by atoms with van der Waals surface area (Å²) < 4.78 is 11.2. The molecule has 1 aliphatic heterocycles. The third-order valence-electron chi connectivity index (χ3n) is 0.413. The number of hydrogen-bond donors (Lipinski definition) is 0. The predicted octanol–water partition coefficient (Wildman–Crippen LogP) is 0.0236. The lowest BCUT2D eigenvalue weighted by Crippen LogP contribution is -1.87. The van der Waals surface area contributed by atoms with Crippen molar-refractivity contribution in [3.63, 3.8) is 0 Å². The van der Waals surface area contributed by atoms with E-state index < -0.39 is 6.09 Å². The van der Waals surface area contributed by atoms with Gasteiger partial charge in [-0.15, -0.1) is 10.1 Å². The highest BCUT2D eigenvalue weighted by Crippen LogP contribution is 2.06. The van der Waals surface area contributed by atoms with Crippen molar-refractivity contribution in [2.45, 2.75) is 0 Å². The summed E-state index contributed by atoms with van der Waals surface area (Å²) in [4.78, 5) is 0. The van der Waals surface area contributed by atoms with Crippen molar-refractivity contribution in [3.05, 3.63) is 0 Å². The first-order chi connectivity index (χ1) is 2.84. The highest BCUT2D eigenvalue weighted by molar-refractivity contribution is 5.83. The molecule has 1 heterocycles. The maximum Gasteiger partial charge on any atom is 0.337 e. The number of hydrazone groups is 1. The van der Waals surface area contributed by atoms with Gasteiger partial charge in [-0.1, -0.05) is 0 Å². The minimum atomic E-state index is -0.697. The van der Waals surface area contributed by atoms with E-state index in [0.717, 1.165) is 0 Å². The first kappa shape index (κ1) is 3.09. The second-order valence-electron chi connectivity index (χ2n) is 0.781. The highest BCUT2D eigenvalue weighted by atomic mass is 19.1. The van der Waals surface area contributed by atoms with E-state index in [1.807, 2.05) is 0 Å². The Balaban J connectivity index is 2.42. The Morgan fingerprint density at radius 3 is 2.50 bits per heavy atom. The lowest BCUT2D eigenvalue weighted by atomic mass is 11.2. The van der Waals surface area contributed by atoms with Crippen molar-refractivity contribution < 1.29 is 4.39 Å². The number of rotatable bonds is 0. The fraction of sp³-hybridized carbons (Fsp3) is 0. The van der Waals surface area contributed by atoms with E-state index >= 15 is 0 Å². The Bertz CT molecular complexity index is 132. The van der Waals surface area contributed by atoms with Crippen LogP contribution in [0.5, 0.6) is 0 Å². The van der Waals surface area contributed by atoms with E-state index in [-0.39, 0.29) is 0 Å². The van der Waals surface area contributed by atoms with Crippen molar-refractivity contribution in [1.29, 1.82) is 5.26 Å². The molecule has 0 aromatic rings. The molecule has 0 saturated heterocycles. The zero-order valence-corrected chi connectivity index (χ0v) is 2.72. The molecule has 30 valence electrons. The van der Waals surface area contributed by atoms with Gasteiger partial charge in [0.2, 0.25) is 6.19 Å². The van der Waals surface area contributed by atoms with Crippen LogP contribution in [0.2, 0.25) is 0 Å². The molecule has 0 saturated carbocycles. The number of halogens is 1. The molecule has 0 aromatic carbocycles. The molecule has 6 heavy (non-hydrogen) atoms. The normalized spacial score (nSPS) is 16.0. The first-order valence-corrected chi connectivity index (χ1v) is 1.28. The summed E-state index contributed by atoms with van der Waals surface area (Å²) >= 11 is 0. The maximum atomic E-state index is 11.2. The molecular formula is C2FN3. The van der Waals surface area contributed by atoms with Gasteiger partial charge < -0.3 is 0 Å². The van der Waals surface area contributed by atoms with E-state index in [2.05, 4.69) is 5.10 Å². The van der Waals surface area contributed by atoms with Gasteiger partial charge in [-0.3, -0.25) is 0 Å². The molecule has 0 aromatic heterocycles. The quantitative estimate of drug-likeness (QED) is 0.307.